The van der Waals surface area contributed by atoms with E-state index < -0.39 is 11.0 Å². The summed E-state index contributed by atoms with van der Waals surface area (Å²) in [6.45, 7) is 11.4. The summed E-state index contributed by atoms with van der Waals surface area (Å²) < 4.78 is 0. The molecular formula is C15H25NO3. The number of rotatable bonds is 3. The molecule has 19 heavy (non-hydrogen) atoms. The Labute approximate surface area is 115 Å². The van der Waals surface area contributed by atoms with E-state index in [1.54, 1.807) is 32.1 Å². The first-order chi connectivity index (χ1) is 9.00. The maximum Gasteiger partial charge on any atom is 0.276 e. The van der Waals surface area contributed by atoms with E-state index in [9.17, 15) is 10.1 Å². The molecule has 0 fully saturated rings. The lowest BCUT2D eigenvalue weighted by Crippen LogP contribution is -1.94. The predicted molar refractivity (Wildman–Crippen MR) is 81.2 cm³/mol. The number of benzene rings is 1. The van der Waals surface area contributed by atoms with Crippen LogP contribution in [0.25, 0.3) is 6.08 Å². The van der Waals surface area contributed by atoms with E-state index in [0.717, 1.165) is 5.56 Å². The lowest BCUT2D eigenvalue weighted by Gasteiger charge is -1.99. The first kappa shape index (κ1) is 19.7. The molecule has 1 unspecified atom stereocenters. The summed E-state index contributed by atoms with van der Waals surface area (Å²) in [7, 11) is 0. The van der Waals surface area contributed by atoms with E-state index in [2.05, 4.69) is 0 Å². The van der Waals surface area contributed by atoms with Gasteiger partial charge in [-0.2, -0.15) is 0 Å². The number of nitro benzene ring substituents is 1. The van der Waals surface area contributed by atoms with Gasteiger partial charge in [-0.15, -0.1) is 0 Å². The second-order valence-electron chi connectivity index (χ2n) is 3.42. The number of nitro groups is 1. The predicted octanol–water partition coefficient (Wildman–Crippen LogP) is 4.35. The van der Waals surface area contributed by atoms with E-state index in [1.807, 2.05) is 27.7 Å². The molecule has 0 heterocycles. The summed E-state index contributed by atoms with van der Waals surface area (Å²) in [4.78, 5) is 10.3. The standard InChI is InChI=1S/C11H13NO3.2C2H6/c1-8-3-5-10(6-4-9(2)13)11(7-8)12(14)15;2*1-2/h3-7,9,13H,1-2H3;2*1-2H3/b6-4+;;. The fraction of sp³-hybridized carbons (Fsp3) is 0.467. The molecule has 0 aliphatic heterocycles. The van der Waals surface area contributed by atoms with E-state index in [0.29, 0.717) is 5.56 Å². The number of nitrogens with zero attached hydrogens (tertiary/aromatic N) is 1. The van der Waals surface area contributed by atoms with Gasteiger partial charge in [-0.3, -0.25) is 10.1 Å². The van der Waals surface area contributed by atoms with Crippen molar-refractivity contribution >= 4 is 11.8 Å². The van der Waals surface area contributed by atoms with Crippen LogP contribution in [0.5, 0.6) is 0 Å². The molecule has 1 N–H and O–H groups in total. The van der Waals surface area contributed by atoms with Crippen LogP contribution in [0.1, 0.15) is 45.7 Å². The third kappa shape index (κ3) is 8.11. The van der Waals surface area contributed by atoms with Crippen LogP contribution in [-0.2, 0) is 0 Å². The maximum atomic E-state index is 10.7. The van der Waals surface area contributed by atoms with Gasteiger partial charge in [0.1, 0.15) is 0 Å². The van der Waals surface area contributed by atoms with Crippen LogP contribution in [0.4, 0.5) is 5.69 Å². The Hall–Kier alpha value is -1.68. The highest BCUT2D eigenvalue weighted by molar-refractivity contribution is 5.61. The molecule has 0 bridgehead atoms. The molecule has 0 aliphatic rings. The monoisotopic (exact) mass is 267 g/mol. The zero-order valence-electron chi connectivity index (χ0n) is 12.7. The van der Waals surface area contributed by atoms with Gasteiger partial charge < -0.3 is 5.11 Å². The molecule has 0 aromatic heterocycles. The average molecular weight is 267 g/mol. The Morgan fingerprint density at radius 1 is 1.26 bits per heavy atom. The van der Waals surface area contributed by atoms with Gasteiger partial charge in [0.25, 0.3) is 5.69 Å². The molecule has 4 nitrogen and oxygen atoms in total. The SMILES string of the molecule is CC.CC.Cc1ccc(/C=C/C(C)O)c([N+](=O)[O-])c1. The van der Waals surface area contributed by atoms with Gasteiger partial charge in [0.15, 0.2) is 0 Å². The topological polar surface area (TPSA) is 63.4 Å². The molecule has 0 saturated carbocycles. The Kier molecular flexibility index (Phi) is 11.8. The van der Waals surface area contributed by atoms with Crippen molar-refractivity contribution in [1.29, 1.82) is 0 Å². The third-order valence-electron chi connectivity index (χ3n) is 1.94. The summed E-state index contributed by atoms with van der Waals surface area (Å²) in [5, 5.41) is 19.8. The van der Waals surface area contributed by atoms with Gasteiger partial charge in [-0.1, -0.05) is 39.8 Å². The van der Waals surface area contributed by atoms with Crippen LogP contribution < -0.4 is 0 Å². The van der Waals surface area contributed by atoms with Crippen LogP contribution in [0.3, 0.4) is 0 Å². The highest BCUT2D eigenvalue weighted by Gasteiger charge is 2.10. The minimum atomic E-state index is -0.606. The van der Waals surface area contributed by atoms with Crippen molar-refractivity contribution in [3.8, 4) is 0 Å². The van der Waals surface area contributed by atoms with Gasteiger partial charge in [0.2, 0.25) is 0 Å². The lowest BCUT2D eigenvalue weighted by molar-refractivity contribution is -0.385. The van der Waals surface area contributed by atoms with Gasteiger partial charge in [0, 0.05) is 6.07 Å². The van der Waals surface area contributed by atoms with Gasteiger partial charge in [-0.25, -0.2) is 0 Å². The maximum absolute atomic E-state index is 10.7. The number of aliphatic hydroxyl groups is 1. The molecule has 1 aromatic rings. The molecule has 0 spiro atoms. The fourth-order valence-electron chi connectivity index (χ4n) is 1.20. The first-order valence-electron chi connectivity index (χ1n) is 6.62. The van der Waals surface area contributed by atoms with Crippen LogP contribution in [0, 0.1) is 17.0 Å². The van der Waals surface area contributed by atoms with Crippen molar-refractivity contribution in [3.63, 3.8) is 0 Å². The minimum absolute atomic E-state index is 0.0619. The number of hydrogen-bond acceptors (Lipinski definition) is 3. The summed E-state index contributed by atoms with van der Waals surface area (Å²) in [5.41, 5.74) is 1.41. The molecule has 4 heteroatoms. The smallest absolute Gasteiger partial charge is 0.276 e. The fourth-order valence-corrected chi connectivity index (χ4v) is 1.20. The van der Waals surface area contributed by atoms with Crippen LogP contribution in [0.15, 0.2) is 24.3 Å². The third-order valence-corrected chi connectivity index (χ3v) is 1.94. The van der Waals surface area contributed by atoms with Crippen molar-refractivity contribution in [2.45, 2.75) is 47.6 Å². The largest absolute Gasteiger partial charge is 0.389 e. The number of aliphatic hydroxyl groups excluding tert-OH is 1. The van der Waals surface area contributed by atoms with Crippen molar-refractivity contribution in [2.75, 3.05) is 0 Å². The summed E-state index contributed by atoms with van der Waals surface area (Å²) in [6.07, 6.45) is 2.46. The Balaban J connectivity index is 0. The molecule has 1 aromatic carbocycles. The van der Waals surface area contributed by atoms with Crippen molar-refractivity contribution in [2.24, 2.45) is 0 Å². The van der Waals surface area contributed by atoms with Crippen molar-refractivity contribution < 1.29 is 10.0 Å². The highest BCUT2D eigenvalue weighted by atomic mass is 16.6. The zero-order valence-corrected chi connectivity index (χ0v) is 12.7. The van der Waals surface area contributed by atoms with Crippen molar-refractivity contribution in [3.05, 3.63) is 45.5 Å². The van der Waals surface area contributed by atoms with E-state index in [1.165, 1.54) is 12.1 Å². The van der Waals surface area contributed by atoms with E-state index >= 15 is 0 Å². The Morgan fingerprint density at radius 2 is 1.79 bits per heavy atom. The van der Waals surface area contributed by atoms with Gasteiger partial charge >= 0.3 is 0 Å². The highest BCUT2D eigenvalue weighted by Crippen LogP contribution is 2.21. The summed E-state index contributed by atoms with van der Waals surface area (Å²) >= 11 is 0. The van der Waals surface area contributed by atoms with E-state index in [-0.39, 0.29) is 5.69 Å². The molecule has 0 radical (unpaired) electrons. The van der Waals surface area contributed by atoms with Gasteiger partial charge in [-0.05, 0) is 31.6 Å². The Morgan fingerprint density at radius 3 is 2.21 bits per heavy atom. The van der Waals surface area contributed by atoms with Gasteiger partial charge in [0.05, 0.1) is 16.6 Å². The van der Waals surface area contributed by atoms with Crippen LogP contribution >= 0.6 is 0 Å². The molecular weight excluding hydrogens is 242 g/mol. The van der Waals surface area contributed by atoms with E-state index in [4.69, 9.17) is 5.11 Å². The second-order valence-corrected chi connectivity index (χ2v) is 3.42. The summed E-state index contributed by atoms with van der Waals surface area (Å²) in [6, 6.07) is 4.99. The molecule has 1 rings (SSSR count). The lowest BCUT2D eigenvalue weighted by atomic mass is 10.1. The molecule has 1 atom stereocenters. The molecule has 0 saturated heterocycles. The second kappa shape index (κ2) is 11.4. The summed E-state index contributed by atoms with van der Waals surface area (Å²) in [5.74, 6) is 0. The number of aryl methyl sites for hydroxylation is 1. The number of hydrogen-bond donors (Lipinski definition) is 1. The van der Waals surface area contributed by atoms with Crippen LogP contribution in [0.2, 0.25) is 0 Å². The van der Waals surface area contributed by atoms with Crippen molar-refractivity contribution in [1.82, 2.24) is 0 Å². The zero-order chi connectivity index (χ0) is 15.4. The minimum Gasteiger partial charge on any atom is -0.389 e. The first-order valence-corrected chi connectivity index (χ1v) is 6.62. The normalized spacial score (nSPS) is 10.9. The molecule has 108 valence electrons. The van der Waals surface area contributed by atoms with Crippen LogP contribution in [-0.4, -0.2) is 16.1 Å². The molecule has 0 aliphatic carbocycles. The average Bonchev–Trinajstić information content (AvgIpc) is 2.41. The Bertz CT molecular complexity index is 398. The quantitative estimate of drug-likeness (QED) is 0.654. The molecule has 0 amide bonds.